The van der Waals surface area contributed by atoms with Crippen molar-refractivity contribution in [3.63, 3.8) is 0 Å². The van der Waals surface area contributed by atoms with Gasteiger partial charge in [-0.2, -0.15) is 0 Å². The zero-order chi connectivity index (χ0) is 11.2. The van der Waals surface area contributed by atoms with E-state index in [0.29, 0.717) is 12.5 Å². The number of aromatic nitrogens is 2. The van der Waals surface area contributed by atoms with Crippen molar-refractivity contribution in [2.75, 3.05) is 19.7 Å². The molecule has 0 amide bonds. The Kier molecular flexibility index (Phi) is 4.36. The maximum absolute atomic E-state index is 5.76. The van der Waals surface area contributed by atoms with Crippen molar-refractivity contribution in [1.82, 2.24) is 14.9 Å². The summed E-state index contributed by atoms with van der Waals surface area (Å²) in [6, 6.07) is 0. The van der Waals surface area contributed by atoms with E-state index in [1.807, 2.05) is 12.5 Å². The molecule has 2 rings (SSSR count). The van der Waals surface area contributed by atoms with Gasteiger partial charge >= 0.3 is 0 Å². The van der Waals surface area contributed by atoms with Crippen LogP contribution in [0.4, 0.5) is 0 Å². The molecule has 4 nitrogen and oxygen atoms in total. The van der Waals surface area contributed by atoms with Gasteiger partial charge in [-0.05, 0) is 32.2 Å². The lowest BCUT2D eigenvalue weighted by molar-refractivity contribution is 0.0746. The van der Waals surface area contributed by atoms with Crippen LogP contribution in [0.5, 0.6) is 0 Å². The highest BCUT2D eigenvalue weighted by atomic mass is 16.5. The minimum Gasteiger partial charge on any atom is -0.375 e. The summed E-state index contributed by atoms with van der Waals surface area (Å²) in [7, 11) is 0. The topological polar surface area (TPSA) is 39.1 Å². The van der Waals surface area contributed by atoms with E-state index in [4.69, 9.17) is 4.74 Å². The Morgan fingerprint density at radius 1 is 1.62 bits per heavy atom. The van der Waals surface area contributed by atoms with Crippen molar-refractivity contribution in [2.24, 2.45) is 5.92 Å². The van der Waals surface area contributed by atoms with E-state index in [0.717, 1.165) is 19.7 Å². The Morgan fingerprint density at radius 3 is 3.31 bits per heavy atom. The molecule has 0 bridgehead atoms. The molecule has 1 fully saturated rings. The Hall–Kier alpha value is -0.870. The number of aryl methyl sites for hydroxylation is 1. The fourth-order valence-electron chi connectivity index (χ4n) is 2.15. The second-order valence-corrected chi connectivity index (χ2v) is 4.40. The van der Waals surface area contributed by atoms with Crippen LogP contribution >= 0.6 is 0 Å². The van der Waals surface area contributed by atoms with Crippen LogP contribution in [0.15, 0.2) is 12.5 Å². The van der Waals surface area contributed by atoms with Crippen molar-refractivity contribution >= 4 is 0 Å². The molecular weight excluding hydrogens is 202 g/mol. The lowest BCUT2D eigenvalue weighted by Crippen LogP contribution is -2.32. The van der Waals surface area contributed by atoms with Gasteiger partial charge in [-0.1, -0.05) is 0 Å². The third-order valence-corrected chi connectivity index (χ3v) is 3.14. The number of hydrogen-bond acceptors (Lipinski definition) is 3. The van der Waals surface area contributed by atoms with Crippen LogP contribution in [-0.2, 0) is 17.9 Å². The van der Waals surface area contributed by atoms with E-state index < -0.39 is 0 Å². The first-order valence-electron chi connectivity index (χ1n) is 6.17. The number of rotatable bonds is 5. The lowest BCUT2D eigenvalue weighted by atomic mass is 10.0. The molecular formula is C12H21N3O. The highest BCUT2D eigenvalue weighted by Gasteiger charge is 2.13. The molecule has 0 aliphatic carbocycles. The third kappa shape index (κ3) is 3.06. The SMILES string of the molecule is CCn1cncc1COCC1CCCNC1. The average molecular weight is 223 g/mol. The Balaban J connectivity index is 1.71. The Bertz CT molecular complexity index is 305. The number of nitrogens with one attached hydrogen (secondary N) is 1. The van der Waals surface area contributed by atoms with Crippen LogP contribution in [0, 0.1) is 5.92 Å². The largest absolute Gasteiger partial charge is 0.375 e. The van der Waals surface area contributed by atoms with Crippen LogP contribution in [-0.4, -0.2) is 29.2 Å². The van der Waals surface area contributed by atoms with E-state index in [2.05, 4.69) is 21.8 Å². The molecule has 0 aromatic carbocycles. The van der Waals surface area contributed by atoms with Gasteiger partial charge in [-0.3, -0.25) is 0 Å². The summed E-state index contributed by atoms with van der Waals surface area (Å²) < 4.78 is 7.88. The van der Waals surface area contributed by atoms with Gasteiger partial charge in [-0.25, -0.2) is 4.98 Å². The summed E-state index contributed by atoms with van der Waals surface area (Å²) in [6.45, 7) is 6.90. The number of piperidine rings is 1. The van der Waals surface area contributed by atoms with Gasteiger partial charge in [0.1, 0.15) is 0 Å². The van der Waals surface area contributed by atoms with Gasteiger partial charge in [0.25, 0.3) is 0 Å². The van der Waals surface area contributed by atoms with Gasteiger partial charge in [0, 0.05) is 13.1 Å². The molecule has 1 aromatic rings. The summed E-state index contributed by atoms with van der Waals surface area (Å²) >= 11 is 0. The molecule has 1 aliphatic heterocycles. The van der Waals surface area contributed by atoms with Crippen LogP contribution in [0.25, 0.3) is 0 Å². The van der Waals surface area contributed by atoms with Crippen molar-refractivity contribution in [3.05, 3.63) is 18.2 Å². The summed E-state index contributed by atoms with van der Waals surface area (Å²) in [4.78, 5) is 4.13. The maximum atomic E-state index is 5.76. The number of imidazole rings is 1. The van der Waals surface area contributed by atoms with E-state index in [9.17, 15) is 0 Å². The normalized spacial score (nSPS) is 21.2. The molecule has 1 aliphatic rings. The van der Waals surface area contributed by atoms with Gasteiger partial charge in [0.05, 0.1) is 31.4 Å². The van der Waals surface area contributed by atoms with Crippen LogP contribution in [0.1, 0.15) is 25.5 Å². The predicted molar refractivity (Wildman–Crippen MR) is 63.2 cm³/mol. The molecule has 1 N–H and O–H groups in total. The molecule has 1 saturated heterocycles. The molecule has 1 atom stereocenters. The first-order chi connectivity index (χ1) is 7.90. The summed E-state index contributed by atoms with van der Waals surface area (Å²) in [6.07, 6.45) is 6.32. The summed E-state index contributed by atoms with van der Waals surface area (Å²) in [5, 5.41) is 3.40. The summed E-state index contributed by atoms with van der Waals surface area (Å²) in [5.74, 6) is 0.687. The highest BCUT2D eigenvalue weighted by molar-refractivity contribution is 4.96. The molecule has 4 heteroatoms. The molecule has 16 heavy (non-hydrogen) atoms. The molecule has 0 saturated carbocycles. The second kappa shape index (κ2) is 6.01. The van der Waals surface area contributed by atoms with Gasteiger partial charge < -0.3 is 14.6 Å². The monoisotopic (exact) mass is 223 g/mol. The Labute approximate surface area is 97.0 Å². The van der Waals surface area contributed by atoms with Gasteiger partial charge in [0.15, 0.2) is 0 Å². The van der Waals surface area contributed by atoms with Crippen LogP contribution < -0.4 is 5.32 Å². The Morgan fingerprint density at radius 2 is 2.56 bits per heavy atom. The van der Waals surface area contributed by atoms with E-state index >= 15 is 0 Å². The van der Waals surface area contributed by atoms with E-state index in [1.54, 1.807) is 0 Å². The lowest BCUT2D eigenvalue weighted by Gasteiger charge is -2.22. The quantitative estimate of drug-likeness (QED) is 0.820. The van der Waals surface area contributed by atoms with Crippen molar-refractivity contribution < 1.29 is 4.74 Å². The van der Waals surface area contributed by atoms with E-state index in [-0.39, 0.29) is 0 Å². The average Bonchev–Trinajstić information content (AvgIpc) is 2.78. The van der Waals surface area contributed by atoms with Crippen molar-refractivity contribution in [1.29, 1.82) is 0 Å². The molecule has 0 spiro atoms. The second-order valence-electron chi connectivity index (χ2n) is 4.40. The fraction of sp³-hybridized carbons (Fsp3) is 0.750. The first-order valence-corrected chi connectivity index (χ1v) is 6.17. The first kappa shape index (κ1) is 11.6. The molecule has 1 unspecified atom stereocenters. The van der Waals surface area contributed by atoms with Crippen LogP contribution in [0.2, 0.25) is 0 Å². The predicted octanol–water partition coefficient (Wildman–Crippen LogP) is 1.42. The fourth-order valence-corrected chi connectivity index (χ4v) is 2.15. The minimum absolute atomic E-state index is 0.685. The standard InChI is InChI=1S/C12H21N3O/c1-2-15-10-14-7-12(15)9-16-8-11-4-3-5-13-6-11/h7,10-11,13H,2-6,8-9H2,1H3. The number of hydrogen-bond donors (Lipinski definition) is 1. The van der Waals surface area contributed by atoms with Crippen LogP contribution in [0.3, 0.4) is 0 Å². The molecule has 0 radical (unpaired) electrons. The zero-order valence-corrected chi connectivity index (χ0v) is 9.98. The molecule has 90 valence electrons. The molecule has 1 aromatic heterocycles. The van der Waals surface area contributed by atoms with Crippen molar-refractivity contribution in [2.45, 2.75) is 32.9 Å². The van der Waals surface area contributed by atoms with Gasteiger partial charge in [-0.15, -0.1) is 0 Å². The smallest absolute Gasteiger partial charge is 0.0948 e. The van der Waals surface area contributed by atoms with Crippen molar-refractivity contribution in [3.8, 4) is 0 Å². The third-order valence-electron chi connectivity index (χ3n) is 3.14. The highest BCUT2D eigenvalue weighted by Crippen LogP contribution is 2.11. The van der Waals surface area contributed by atoms with Gasteiger partial charge in [0.2, 0.25) is 0 Å². The molecule has 2 heterocycles. The number of ether oxygens (including phenoxy) is 1. The van der Waals surface area contributed by atoms with E-state index in [1.165, 1.54) is 25.1 Å². The zero-order valence-electron chi connectivity index (χ0n) is 9.98. The minimum atomic E-state index is 0.685. The maximum Gasteiger partial charge on any atom is 0.0948 e. The number of nitrogens with zero attached hydrogens (tertiary/aromatic N) is 2. The summed E-state index contributed by atoms with van der Waals surface area (Å²) in [5.41, 5.74) is 1.17.